The van der Waals surface area contributed by atoms with Crippen molar-refractivity contribution in [3.63, 3.8) is 0 Å². The average Bonchev–Trinajstić information content (AvgIpc) is 2.81. The second kappa shape index (κ2) is 9.40. The first-order valence-corrected chi connectivity index (χ1v) is 10.4. The van der Waals surface area contributed by atoms with Crippen molar-refractivity contribution in [1.29, 1.82) is 0 Å². The number of nitrogens with zero attached hydrogens (tertiary/aromatic N) is 2. The summed E-state index contributed by atoms with van der Waals surface area (Å²) in [4.78, 5) is 26.2. The Bertz CT molecular complexity index is 978. The number of nitro benzene ring substituents is 1. The van der Waals surface area contributed by atoms with Gasteiger partial charge in [-0.15, -0.1) is 0 Å². The number of piperazine rings is 1. The Labute approximate surface area is 181 Å². The van der Waals surface area contributed by atoms with Crippen molar-refractivity contribution < 1.29 is 14.6 Å². The molecule has 7 heteroatoms. The van der Waals surface area contributed by atoms with Crippen LogP contribution in [0.15, 0.2) is 84.9 Å². The lowest BCUT2D eigenvalue weighted by atomic mass is 9.96. The predicted molar refractivity (Wildman–Crippen MR) is 119 cm³/mol. The summed E-state index contributed by atoms with van der Waals surface area (Å²) >= 11 is 0. The fourth-order valence-corrected chi connectivity index (χ4v) is 4.11. The molecule has 0 radical (unpaired) electrons. The summed E-state index contributed by atoms with van der Waals surface area (Å²) in [6.07, 6.45) is 0. The quantitative estimate of drug-likeness (QED) is 0.495. The molecule has 4 rings (SSSR count). The van der Waals surface area contributed by atoms with Crippen LogP contribution in [0.4, 0.5) is 16.2 Å². The van der Waals surface area contributed by atoms with Crippen LogP contribution in [0.5, 0.6) is 0 Å². The SMILES string of the molecule is O=C(Nc1ccc([N+](=O)[O-])cc1)N1CC[NH+](C(c2ccccc2)c2ccccc2)CC1. The Morgan fingerprint density at radius 2 is 1.39 bits per heavy atom. The fraction of sp³-hybridized carbons (Fsp3) is 0.208. The van der Waals surface area contributed by atoms with Crippen LogP contribution in [-0.2, 0) is 0 Å². The van der Waals surface area contributed by atoms with Gasteiger partial charge in [-0.1, -0.05) is 60.7 Å². The Kier molecular flexibility index (Phi) is 6.24. The number of hydrogen-bond donors (Lipinski definition) is 2. The van der Waals surface area contributed by atoms with Gasteiger partial charge in [0.1, 0.15) is 6.04 Å². The third kappa shape index (κ3) is 4.90. The molecule has 0 unspecified atom stereocenters. The van der Waals surface area contributed by atoms with Gasteiger partial charge in [0.15, 0.2) is 0 Å². The second-order valence-corrected chi connectivity index (χ2v) is 7.63. The molecule has 1 aliphatic heterocycles. The minimum absolute atomic E-state index is 0.00285. The summed E-state index contributed by atoms with van der Waals surface area (Å²) in [5.41, 5.74) is 3.10. The van der Waals surface area contributed by atoms with Crippen LogP contribution in [0.25, 0.3) is 0 Å². The van der Waals surface area contributed by atoms with Gasteiger partial charge in [0.05, 0.1) is 31.1 Å². The van der Waals surface area contributed by atoms with Gasteiger partial charge in [0, 0.05) is 28.9 Å². The van der Waals surface area contributed by atoms with E-state index in [2.05, 4.69) is 53.8 Å². The molecular formula is C24H25N4O3+. The predicted octanol–water partition coefficient (Wildman–Crippen LogP) is 3.12. The normalized spacial score (nSPS) is 14.4. The zero-order chi connectivity index (χ0) is 21.6. The van der Waals surface area contributed by atoms with E-state index in [0.29, 0.717) is 18.8 Å². The van der Waals surface area contributed by atoms with Crippen molar-refractivity contribution in [2.24, 2.45) is 0 Å². The molecule has 1 heterocycles. The van der Waals surface area contributed by atoms with Gasteiger partial charge in [0.2, 0.25) is 0 Å². The number of quaternary nitrogens is 1. The van der Waals surface area contributed by atoms with E-state index in [9.17, 15) is 14.9 Å². The maximum Gasteiger partial charge on any atom is 0.322 e. The lowest BCUT2D eigenvalue weighted by Gasteiger charge is -2.37. The van der Waals surface area contributed by atoms with E-state index in [1.807, 2.05) is 12.1 Å². The summed E-state index contributed by atoms with van der Waals surface area (Å²) in [6.45, 7) is 2.96. The highest BCUT2D eigenvalue weighted by Crippen LogP contribution is 2.20. The van der Waals surface area contributed by atoms with E-state index in [-0.39, 0.29) is 17.8 Å². The highest BCUT2D eigenvalue weighted by Gasteiger charge is 2.31. The van der Waals surface area contributed by atoms with Gasteiger partial charge in [-0.05, 0) is 12.1 Å². The van der Waals surface area contributed by atoms with E-state index in [4.69, 9.17) is 0 Å². The van der Waals surface area contributed by atoms with Crippen molar-refractivity contribution in [3.05, 3.63) is 106 Å². The minimum atomic E-state index is -0.455. The summed E-state index contributed by atoms with van der Waals surface area (Å²) in [5.74, 6) is 0. The highest BCUT2D eigenvalue weighted by molar-refractivity contribution is 5.89. The fourth-order valence-electron chi connectivity index (χ4n) is 4.11. The summed E-state index contributed by atoms with van der Waals surface area (Å²) < 4.78 is 0. The molecule has 158 valence electrons. The molecule has 3 aromatic rings. The van der Waals surface area contributed by atoms with E-state index in [1.165, 1.54) is 28.2 Å². The van der Waals surface area contributed by atoms with Gasteiger partial charge in [-0.2, -0.15) is 0 Å². The molecule has 0 aromatic heterocycles. The molecule has 3 aromatic carbocycles. The smallest absolute Gasteiger partial charge is 0.322 e. The Hall–Kier alpha value is -3.71. The lowest BCUT2D eigenvalue weighted by molar-refractivity contribution is -0.929. The number of urea groups is 1. The number of nitro groups is 1. The molecule has 0 spiro atoms. The van der Waals surface area contributed by atoms with Crippen molar-refractivity contribution in [1.82, 2.24) is 4.90 Å². The standard InChI is InChI=1S/C24H24N4O3/c29-24(25-21-11-13-22(14-12-21)28(30)31)27-17-15-26(16-18-27)23(19-7-3-1-4-8-19)20-9-5-2-6-10-20/h1-14,23H,15-18H2,(H,25,29)/p+1. The Balaban J connectivity index is 1.41. The van der Waals surface area contributed by atoms with E-state index in [1.54, 1.807) is 17.0 Å². The third-order valence-corrected chi connectivity index (χ3v) is 5.70. The van der Waals surface area contributed by atoms with Crippen molar-refractivity contribution in [3.8, 4) is 0 Å². The summed E-state index contributed by atoms with van der Waals surface area (Å²) in [6, 6.07) is 26.9. The van der Waals surface area contributed by atoms with E-state index in [0.717, 1.165) is 13.1 Å². The molecule has 0 atom stereocenters. The number of anilines is 1. The summed E-state index contributed by atoms with van der Waals surface area (Å²) in [5, 5.41) is 13.6. The molecule has 31 heavy (non-hydrogen) atoms. The Morgan fingerprint density at radius 1 is 0.871 bits per heavy atom. The first kappa shape index (κ1) is 20.6. The van der Waals surface area contributed by atoms with Crippen molar-refractivity contribution >= 4 is 17.4 Å². The monoisotopic (exact) mass is 417 g/mol. The first-order valence-electron chi connectivity index (χ1n) is 10.4. The third-order valence-electron chi connectivity index (χ3n) is 5.70. The van der Waals surface area contributed by atoms with Crippen LogP contribution >= 0.6 is 0 Å². The molecule has 7 nitrogen and oxygen atoms in total. The van der Waals surface area contributed by atoms with Crippen LogP contribution < -0.4 is 10.2 Å². The maximum atomic E-state index is 12.7. The molecule has 1 fully saturated rings. The second-order valence-electron chi connectivity index (χ2n) is 7.63. The molecule has 0 aliphatic carbocycles. The van der Waals surface area contributed by atoms with Crippen LogP contribution in [0, 0.1) is 10.1 Å². The first-order chi connectivity index (χ1) is 15.1. The number of carbonyl (C=O) groups excluding carboxylic acids is 1. The largest absolute Gasteiger partial charge is 0.322 e. The number of non-ortho nitro benzene ring substituents is 1. The zero-order valence-electron chi connectivity index (χ0n) is 17.1. The van der Waals surface area contributed by atoms with Gasteiger partial charge in [0.25, 0.3) is 5.69 Å². The number of rotatable bonds is 5. The van der Waals surface area contributed by atoms with Gasteiger partial charge in [-0.25, -0.2) is 4.79 Å². The van der Waals surface area contributed by atoms with Crippen molar-refractivity contribution in [2.45, 2.75) is 6.04 Å². The van der Waals surface area contributed by atoms with Crippen LogP contribution in [0.3, 0.4) is 0 Å². The van der Waals surface area contributed by atoms with Gasteiger partial charge < -0.3 is 15.1 Å². The van der Waals surface area contributed by atoms with Gasteiger partial charge >= 0.3 is 6.03 Å². The minimum Gasteiger partial charge on any atom is -0.322 e. The van der Waals surface area contributed by atoms with Crippen LogP contribution in [-0.4, -0.2) is 42.0 Å². The van der Waals surface area contributed by atoms with E-state index < -0.39 is 4.92 Å². The average molecular weight is 417 g/mol. The molecular weight excluding hydrogens is 392 g/mol. The lowest BCUT2D eigenvalue weighted by Crippen LogP contribution is -3.15. The number of carbonyl (C=O) groups is 1. The molecule has 0 saturated carbocycles. The van der Waals surface area contributed by atoms with Crippen LogP contribution in [0.2, 0.25) is 0 Å². The zero-order valence-corrected chi connectivity index (χ0v) is 17.1. The van der Waals surface area contributed by atoms with Gasteiger partial charge in [-0.3, -0.25) is 10.1 Å². The molecule has 2 amide bonds. The number of amides is 2. The van der Waals surface area contributed by atoms with Crippen molar-refractivity contribution in [2.75, 3.05) is 31.5 Å². The molecule has 1 aliphatic rings. The highest BCUT2D eigenvalue weighted by atomic mass is 16.6. The topological polar surface area (TPSA) is 79.9 Å². The van der Waals surface area contributed by atoms with E-state index >= 15 is 0 Å². The number of benzene rings is 3. The Morgan fingerprint density at radius 3 is 1.87 bits per heavy atom. The molecule has 2 N–H and O–H groups in total. The number of nitrogens with one attached hydrogen (secondary N) is 2. The number of hydrogen-bond acceptors (Lipinski definition) is 3. The molecule has 1 saturated heterocycles. The molecule has 0 bridgehead atoms. The maximum absolute atomic E-state index is 12.7. The van der Waals surface area contributed by atoms with Crippen LogP contribution in [0.1, 0.15) is 17.2 Å². The summed E-state index contributed by atoms with van der Waals surface area (Å²) in [7, 11) is 0.